The molecule has 0 saturated heterocycles. The van der Waals surface area contributed by atoms with Crippen molar-refractivity contribution in [1.82, 2.24) is 15.1 Å². The lowest BCUT2D eigenvalue weighted by Crippen LogP contribution is -2.26. The lowest BCUT2D eigenvalue weighted by Gasteiger charge is -2.14. The van der Waals surface area contributed by atoms with Crippen molar-refractivity contribution in [3.63, 3.8) is 0 Å². The van der Waals surface area contributed by atoms with Gasteiger partial charge in [-0.3, -0.25) is 4.79 Å². The van der Waals surface area contributed by atoms with Gasteiger partial charge in [-0.2, -0.15) is 5.10 Å². The quantitative estimate of drug-likeness (QED) is 0.872. The van der Waals surface area contributed by atoms with Gasteiger partial charge in [-0.05, 0) is 25.5 Å². The Kier molecular flexibility index (Phi) is 4.15. The van der Waals surface area contributed by atoms with Gasteiger partial charge in [-0.15, -0.1) is 0 Å². The van der Waals surface area contributed by atoms with Gasteiger partial charge in [0.05, 0.1) is 12.9 Å². The number of aromatic nitrogens is 2. The van der Waals surface area contributed by atoms with Gasteiger partial charge >= 0.3 is 0 Å². The zero-order valence-corrected chi connectivity index (χ0v) is 12.4. The summed E-state index contributed by atoms with van der Waals surface area (Å²) in [4.78, 5) is 12.2. The minimum Gasteiger partial charge on any atom is -0.478 e. The van der Waals surface area contributed by atoms with E-state index < -0.39 is 6.10 Å². The number of furan rings is 1. The van der Waals surface area contributed by atoms with E-state index in [0.29, 0.717) is 36.9 Å². The highest BCUT2D eigenvalue weighted by Gasteiger charge is 2.23. The summed E-state index contributed by atoms with van der Waals surface area (Å²) in [6.07, 6.45) is 2.05. The van der Waals surface area contributed by atoms with Gasteiger partial charge in [0.15, 0.2) is 5.69 Å². The molecule has 2 N–H and O–H groups in total. The molecule has 0 spiro atoms. The Hall–Kier alpha value is -2.28. The molecule has 0 saturated carbocycles. The van der Waals surface area contributed by atoms with E-state index in [1.54, 1.807) is 16.8 Å². The Morgan fingerprint density at radius 1 is 1.59 bits per heavy atom. The molecule has 2 aromatic heterocycles. The molecule has 3 heterocycles. The third kappa shape index (κ3) is 2.85. The molecule has 1 unspecified atom stereocenters. The Bertz CT molecular complexity index is 648. The van der Waals surface area contributed by atoms with Crippen molar-refractivity contribution in [1.29, 1.82) is 0 Å². The van der Waals surface area contributed by atoms with Crippen LogP contribution in [0.2, 0.25) is 0 Å². The maximum Gasteiger partial charge on any atom is 0.272 e. The van der Waals surface area contributed by atoms with E-state index in [-0.39, 0.29) is 5.91 Å². The van der Waals surface area contributed by atoms with Crippen LogP contribution in [-0.2, 0) is 6.54 Å². The minimum atomic E-state index is -0.727. The molecule has 0 bridgehead atoms. The molecule has 0 aliphatic carbocycles. The van der Waals surface area contributed by atoms with E-state index in [1.807, 2.05) is 6.92 Å². The fourth-order valence-electron chi connectivity index (χ4n) is 2.50. The Morgan fingerprint density at radius 3 is 3.18 bits per heavy atom. The van der Waals surface area contributed by atoms with Crippen molar-refractivity contribution in [3.05, 3.63) is 35.4 Å². The average molecular weight is 305 g/mol. The lowest BCUT2D eigenvalue weighted by atomic mass is 10.2. The van der Waals surface area contributed by atoms with E-state index in [1.165, 1.54) is 6.26 Å². The van der Waals surface area contributed by atoms with Crippen LogP contribution < -0.4 is 10.1 Å². The molecule has 118 valence electrons. The average Bonchev–Trinajstić information content (AvgIpc) is 3.16. The smallest absolute Gasteiger partial charge is 0.272 e. The monoisotopic (exact) mass is 305 g/mol. The molecule has 1 aliphatic heterocycles. The van der Waals surface area contributed by atoms with Crippen LogP contribution in [0.5, 0.6) is 5.88 Å². The molecule has 3 rings (SSSR count). The number of nitrogens with zero attached hydrogens (tertiary/aromatic N) is 2. The van der Waals surface area contributed by atoms with Crippen molar-refractivity contribution in [3.8, 4) is 5.88 Å². The van der Waals surface area contributed by atoms with Gasteiger partial charge in [0.1, 0.15) is 11.9 Å². The molecule has 1 atom stereocenters. The van der Waals surface area contributed by atoms with Crippen molar-refractivity contribution in [2.24, 2.45) is 0 Å². The van der Waals surface area contributed by atoms with Gasteiger partial charge < -0.3 is 19.6 Å². The van der Waals surface area contributed by atoms with E-state index in [0.717, 1.165) is 18.5 Å². The summed E-state index contributed by atoms with van der Waals surface area (Å²) in [6.45, 7) is 3.59. The summed E-state index contributed by atoms with van der Waals surface area (Å²) >= 11 is 0. The first kappa shape index (κ1) is 14.6. The number of aryl methyl sites for hydroxylation is 1. The number of carbonyl (C=O) groups excluding carboxylic acids is 1. The van der Waals surface area contributed by atoms with Crippen LogP contribution in [0.15, 0.2) is 22.8 Å². The standard InChI is InChI=1S/C15H19N3O4/c1-10-13(17-18-7-3-9-22-15(10)18)14(20)16-6-5-11(19)12-4-2-8-21-12/h2,4,8,11,19H,3,5-7,9H2,1H3,(H,16,20). The number of hydrogen-bond donors (Lipinski definition) is 2. The Balaban J connectivity index is 1.57. The number of rotatable bonds is 5. The van der Waals surface area contributed by atoms with Crippen LogP contribution in [0.3, 0.4) is 0 Å². The van der Waals surface area contributed by atoms with Crippen molar-refractivity contribution in [2.45, 2.75) is 32.4 Å². The molecular formula is C15H19N3O4. The highest BCUT2D eigenvalue weighted by atomic mass is 16.5. The highest BCUT2D eigenvalue weighted by Crippen LogP contribution is 2.25. The van der Waals surface area contributed by atoms with E-state index >= 15 is 0 Å². The summed E-state index contributed by atoms with van der Waals surface area (Å²) < 4.78 is 12.4. The third-order valence-electron chi connectivity index (χ3n) is 3.67. The second-order valence-electron chi connectivity index (χ2n) is 5.28. The first-order valence-electron chi connectivity index (χ1n) is 7.36. The first-order chi connectivity index (χ1) is 10.7. The molecule has 22 heavy (non-hydrogen) atoms. The highest BCUT2D eigenvalue weighted by molar-refractivity contribution is 5.94. The number of ether oxygens (including phenoxy) is 1. The molecule has 2 aromatic rings. The van der Waals surface area contributed by atoms with Gasteiger partial charge in [0, 0.05) is 25.1 Å². The van der Waals surface area contributed by atoms with Gasteiger partial charge in [-0.25, -0.2) is 4.68 Å². The molecule has 0 fully saturated rings. The topological polar surface area (TPSA) is 89.5 Å². The molecule has 7 nitrogen and oxygen atoms in total. The summed E-state index contributed by atoms with van der Waals surface area (Å²) in [5, 5.41) is 17.0. The van der Waals surface area contributed by atoms with Crippen molar-refractivity contribution in [2.75, 3.05) is 13.2 Å². The van der Waals surface area contributed by atoms with E-state index in [2.05, 4.69) is 10.4 Å². The molecule has 7 heteroatoms. The van der Waals surface area contributed by atoms with Crippen LogP contribution in [0, 0.1) is 6.92 Å². The van der Waals surface area contributed by atoms with Crippen molar-refractivity contribution >= 4 is 5.91 Å². The van der Waals surface area contributed by atoms with Gasteiger partial charge in [0.2, 0.25) is 5.88 Å². The van der Waals surface area contributed by atoms with Crippen molar-refractivity contribution < 1.29 is 19.1 Å². The molecule has 0 aromatic carbocycles. The number of carbonyl (C=O) groups is 1. The van der Waals surface area contributed by atoms with Gasteiger partial charge in [0.25, 0.3) is 5.91 Å². The van der Waals surface area contributed by atoms with Gasteiger partial charge in [-0.1, -0.05) is 0 Å². The maximum absolute atomic E-state index is 12.2. The molecule has 1 aliphatic rings. The maximum atomic E-state index is 12.2. The summed E-state index contributed by atoms with van der Waals surface area (Å²) in [5.74, 6) is 0.915. The van der Waals surface area contributed by atoms with E-state index in [9.17, 15) is 9.90 Å². The summed E-state index contributed by atoms with van der Waals surface area (Å²) in [7, 11) is 0. The fraction of sp³-hybridized carbons (Fsp3) is 0.467. The van der Waals surface area contributed by atoms with E-state index in [4.69, 9.17) is 9.15 Å². The predicted octanol–water partition coefficient (Wildman–Crippen LogP) is 1.42. The van der Waals surface area contributed by atoms with Crippen LogP contribution in [-0.4, -0.2) is 33.9 Å². The van der Waals surface area contributed by atoms with Crippen LogP contribution in [0.25, 0.3) is 0 Å². The minimum absolute atomic E-state index is 0.255. The number of nitrogens with one attached hydrogen (secondary N) is 1. The van der Waals surface area contributed by atoms with Crippen LogP contribution in [0.4, 0.5) is 0 Å². The Morgan fingerprint density at radius 2 is 2.45 bits per heavy atom. The summed E-state index contributed by atoms with van der Waals surface area (Å²) in [6, 6.07) is 3.42. The number of fused-ring (bicyclic) bond motifs is 1. The van der Waals surface area contributed by atoms with Crippen LogP contribution >= 0.6 is 0 Å². The number of aliphatic hydroxyl groups is 1. The fourth-order valence-corrected chi connectivity index (χ4v) is 2.50. The second kappa shape index (κ2) is 6.23. The van der Waals surface area contributed by atoms with Crippen LogP contribution in [0.1, 0.15) is 40.8 Å². The predicted molar refractivity (Wildman–Crippen MR) is 77.7 cm³/mol. The first-order valence-corrected chi connectivity index (χ1v) is 7.36. The number of aliphatic hydroxyl groups excluding tert-OH is 1. The Labute approximate surface area is 127 Å². The number of amides is 1. The zero-order valence-electron chi connectivity index (χ0n) is 12.4. The molecule has 0 radical (unpaired) electrons. The third-order valence-corrected chi connectivity index (χ3v) is 3.67. The zero-order chi connectivity index (χ0) is 15.5. The molecule has 1 amide bonds. The lowest BCUT2D eigenvalue weighted by molar-refractivity contribution is 0.0929. The molecular weight excluding hydrogens is 286 g/mol. The SMILES string of the molecule is Cc1c(C(=O)NCCC(O)c2ccco2)nn2c1OCCC2. The number of hydrogen-bond acceptors (Lipinski definition) is 5. The largest absolute Gasteiger partial charge is 0.478 e. The normalized spacial score (nSPS) is 15.0. The second-order valence-corrected chi connectivity index (χ2v) is 5.28. The summed E-state index contributed by atoms with van der Waals surface area (Å²) in [5.41, 5.74) is 1.13.